The van der Waals surface area contributed by atoms with E-state index < -0.39 is 0 Å². The highest BCUT2D eigenvalue weighted by Crippen LogP contribution is 2.26. The molecule has 0 aliphatic carbocycles. The van der Waals surface area contributed by atoms with Gasteiger partial charge in [-0.3, -0.25) is 10.00 Å². The summed E-state index contributed by atoms with van der Waals surface area (Å²) in [6.45, 7) is 5.60. The molecule has 1 aliphatic rings. The summed E-state index contributed by atoms with van der Waals surface area (Å²) in [5.74, 6) is 0. The molecule has 1 aliphatic heterocycles. The zero-order chi connectivity index (χ0) is 12.4. The van der Waals surface area contributed by atoms with Gasteiger partial charge < -0.3 is 4.74 Å². The maximum absolute atomic E-state index is 5.62. The Balaban J connectivity index is 1.80. The highest BCUT2D eigenvalue weighted by atomic mass is 32.1. The van der Waals surface area contributed by atoms with Crippen LogP contribution in [0.15, 0.2) is 23.0 Å². The molecule has 1 N–H and O–H groups in total. The van der Waals surface area contributed by atoms with Crippen LogP contribution in [-0.2, 0) is 11.3 Å². The van der Waals surface area contributed by atoms with Gasteiger partial charge in [-0.1, -0.05) is 0 Å². The molecular weight excluding hydrogens is 246 g/mol. The number of nitrogens with zero attached hydrogens (tertiary/aromatic N) is 2. The molecule has 0 unspecified atom stereocenters. The summed E-state index contributed by atoms with van der Waals surface area (Å²) in [7, 11) is 0. The predicted octanol–water partition coefficient (Wildman–Crippen LogP) is 2.35. The van der Waals surface area contributed by atoms with E-state index in [1.54, 1.807) is 11.3 Å². The molecule has 0 amide bonds. The van der Waals surface area contributed by atoms with Crippen LogP contribution in [0.2, 0.25) is 0 Å². The molecule has 3 rings (SSSR count). The van der Waals surface area contributed by atoms with Crippen molar-refractivity contribution < 1.29 is 4.74 Å². The number of aromatic amines is 1. The van der Waals surface area contributed by atoms with Gasteiger partial charge in [0.2, 0.25) is 0 Å². The second-order valence-corrected chi connectivity index (χ2v) is 5.44. The summed E-state index contributed by atoms with van der Waals surface area (Å²) in [5, 5.41) is 11.6. The van der Waals surface area contributed by atoms with Crippen molar-refractivity contribution in [2.24, 2.45) is 0 Å². The Bertz CT molecular complexity index is 494. The first-order valence-corrected chi connectivity index (χ1v) is 7.11. The molecule has 0 saturated carbocycles. The lowest BCUT2D eigenvalue weighted by Gasteiger charge is -2.35. The summed E-state index contributed by atoms with van der Waals surface area (Å²) < 4.78 is 5.62. The Morgan fingerprint density at radius 2 is 2.56 bits per heavy atom. The molecule has 0 aromatic carbocycles. The fourth-order valence-corrected chi connectivity index (χ4v) is 3.06. The van der Waals surface area contributed by atoms with Crippen LogP contribution in [0.5, 0.6) is 0 Å². The lowest BCUT2D eigenvalue weighted by Crippen LogP contribution is -2.39. The van der Waals surface area contributed by atoms with Crippen molar-refractivity contribution in [3.63, 3.8) is 0 Å². The molecule has 1 saturated heterocycles. The Labute approximate surface area is 111 Å². The summed E-state index contributed by atoms with van der Waals surface area (Å²) in [6, 6.07) is 2.48. The summed E-state index contributed by atoms with van der Waals surface area (Å²) in [6.07, 6.45) is 1.88. The molecule has 2 aromatic rings. The van der Waals surface area contributed by atoms with Crippen molar-refractivity contribution >= 4 is 11.3 Å². The lowest BCUT2D eigenvalue weighted by molar-refractivity contribution is -0.0144. The van der Waals surface area contributed by atoms with Gasteiger partial charge in [-0.25, -0.2) is 0 Å². The first-order chi connectivity index (χ1) is 8.84. The predicted molar refractivity (Wildman–Crippen MR) is 71.6 cm³/mol. The smallest absolute Gasteiger partial charge is 0.0758 e. The van der Waals surface area contributed by atoms with Gasteiger partial charge in [-0.05, 0) is 34.9 Å². The van der Waals surface area contributed by atoms with Crippen LogP contribution in [-0.4, -0.2) is 34.9 Å². The van der Waals surface area contributed by atoms with E-state index in [0.717, 1.165) is 26.3 Å². The maximum atomic E-state index is 5.62. The third kappa shape index (κ3) is 2.34. The lowest BCUT2D eigenvalue weighted by atomic mass is 10.1. The minimum Gasteiger partial charge on any atom is -0.378 e. The van der Waals surface area contributed by atoms with Crippen molar-refractivity contribution in [3.05, 3.63) is 39.8 Å². The van der Waals surface area contributed by atoms with E-state index in [1.165, 1.54) is 16.8 Å². The minimum atomic E-state index is 0.293. The topological polar surface area (TPSA) is 41.1 Å². The zero-order valence-electron chi connectivity index (χ0n) is 10.4. The maximum Gasteiger partial charge on any atom is 0.0758 e. The van der Waals surface area contributed by atoms with Crippen LogP contribution in [0.25, 0.3) is 0 Å². The van der Waals surface area contributed by atoms with Crippen molar-refractivity contribution in [3.8, 4) is 0 Å². The standard InChI is InChI=1S/C13H17N3OS/c1-10-6-14-15-13(10)12-8-17-4-3-16(12)7-11-2-5-18-9-11/h2,5-6,9,12H,3-4,7-8H2,1H3,(H,14,15)/t12-/m1/s1. The fraction of sp³-hybridized carbons (Fsp3) is 0.462. The number of hydrogen-bond donors (Lipinski definition) is 1. The molecule has 4 nitrogen and oxygen atoms in total. The van der Waals surface area contributed by atoms with Crippen LogP contribution >= 0.6 is 11.3 Å². The van der Waals surface area contributed by atoms with Gasteiger partial charge in [0, 0.05) is 13.1 Å². The van der Waals surface area contributed by atoms with Crippen molar-refractivity contribution in [2.45, 2.75) is 19.5 Å². The monoisotopic (exact) mass is 263 g/mol. The average Bonchev–Trinajstić information content (AvgIpc) is 3.02. The number of H-pyrrole nitrogens is 1. The van der Waals surface area contributed by atoms with Crippen LogP contribution in [0.1, 0.15) is 22.9 Å². The quantitative estimate of drug-likeness (QED) is 0.924. The number of hydrogen-bond acceptors (Lipinski definition) is 4. The number of rotatable bonds is 3. The molecule has 18 heavy (non-hydrogen) atoms. The Kier molecular flexibility index (Phi) is 3.45. The Hall–Kier alpha value is -1.17. The number of nitrogens with one attached hydrogen (secondary N) is 1. The molecule has 0 bridgehead atoms. The van der Waals surface area contributed by atoms with Gasteiger partial charge in [-0.2, -0.15) is 16.4 Å². The summed E-state index contributed by atoms with van der Waals surface area (Å²) >= 11 is 1.75. The second-order valence-electron chi connectivity index (χ2n) is 4.66. The molecular formula is C13H17N3OS. The second kappa shape index (κ2) is 5.22. The van der Waals surface area contributed by atoms with Gasteiger partial charge in [0.25, 0.3) is 0 Å². The van der Waals surface area contributed by atoms with E-state index in [0.29, 0.717) is 6.04 Å². The highest BCUT2D eigenvalue weighted by molar-refractivity contribution is 7.07. The largest absolute Gasteiger partial charge is 0.378 e. The van der Waals surface area contributed by atoms with E-state index in [-0.39, 0.29) is 0 Å². The van der Waals surface area contributed by atoms with E-state index in [4.69, 9.17) is 4.74 Å². The third-order valence-electron chi connectivity index (χ3n) is 3.41. The molecule has 1 fully saturated rings. The molecule has 2 aromatic heterocycles. The van der Waals surface area contributed by atoms with Crippen LogP contribution in [0.3, 0.4) is 0 Å². The van der Waals surface area contributed by atoms with Gasteiger partial charge >= 0.3 is 0 Å². The van der Waals surface area contributed by atoms with Crippen LogP contribution in [0, 0.1) is 6.92 Å². The number of aryl methyl sites for hydroxylation is 1. The number of aromatic nitrogens is 2. The first-order valence-electron chi connectivity index (χ1n) is 6.17. The molecule has 0 spiro atoms. The molecule has 96 valence electrons. The fourth-order valence-electron chi connectivity index (χ4n) is 2.40. The van der Waals surface area contributed by atoms with Gasteiger partial charge in [0.05, 0.1) is 31.1 Å². The van der Waals surface area contributed by atoms with E-state index in [2.05, 4.69) is 38.8 Å². The Morgan fingerprint density at radius 1 is 1.61 bits per heavy atom. The van der Waals surface area contributed by atoms with Gasteiger partial charge in [-0.15, -0.1) is 0 Å². The van der Waals surface area contributed by atoms with Crippen molar-refractivity contribution in [1.29, 1.82) is 0 Å². The van der Waals surface area contributed by atoms with E-state index in [1.807, 2.05) is 6.20 Å². The van der Waals surface area contributed by atoms with Crippen LogP contribution < -0.4 is 0 Å². The molecule has 1 atom stereocenters. The SMILES string of the molecule is Cc1cn[nH]c1[C@H]1COCCN1Cc1ccsc1. The molecule has 0 radical (unpaired) electrons. The number of ether oxygens (including phenoxy) is 1. The van der Waals surface area contributed by atoms with Crippen molar-refractivity contribution in [1.82, 2.24) is 15.1 Å². The highest BCUT2D eigenvalue weighted by Gasteiger charge is 2.27. The summed E-state index contributed by atoms with van der Waals surface area (Å²) in [5.41, 5.74) is 3.77. The minimum absolute atomic E-state index is 0.293. The van der Waals surface area contributed by atoms with E-state index >= 15 is 0 Å². The average molecular weight is 263 g/mol. The van der Waals surface area contributed by atoms with E-state index in [9.17, 15) is 0 Å². The van der Waals surface area contributed by atoms with Gasteiger partial charge in [0.1, 0.15) is 0 Å². The Morgan fingerprint density at radius 3 is 3.28 bits per heavy atom. The normalized spacial score (nSPS) is 21.3. The van der Waals surface area contributed by atoms with Crippen molar-refractivity contribution in [2.75, 3.05) is 19.8 Å². The first kappa shape index (κ1) is 11.9. The van der Waals surface area contributed by atoms with Crippen LogP contribution in [0.4, 0.5) is 0 Å². The number of morpholine rings is 1. The molecule has 3 heterocycles. The zero-order valence-corrected chi connectivity index (χ0v) is 11.2. The van der Waals surface area contributed by atoms with Gasteiger partial charge in [0.15, 0.2) is 0 Å². The summed E-state index contributed by atoms with van der Waals surface area (Å²) in [4.78, 5) is 2.46. The third-order valence-corrected chi connectivity index (χ3v) is 4.14. The number of thiophene rings is 1. The molecule has 5 heteroatoms.